The number of primary amides is 1. The van der Waals surface area contributed by atoms with Crippen molar-refractivity contribution in [3.8, 4) is 0 Å². The maximum Gasteiger partial charge on any atom is 0.316 e. The van der Waals surface area contributed by atoms with Crippen LogP contribution in [0.15, 0.2) is 54.6 Å². The number of carbonyl (C=O) groups excluding carboxylic acids is 3. The highest BCUT2D eigenvalue weighted by molar-refractivity contribution is 6.02. The SMILES string of the molecule is NC(=O)Nc1ccc(NC(=O)/C=C/c2ccc(N3CCCC3=O)cc2)cc1. The van der Waals surface area contributed by atoms with Crippen molar-refractivity contribution in [1.29, 1.82) is 0 Å². The van der Waals surface area contributed by atoms with Gasteiger partial charge in [-0.3, -0.25) is 9.59 Å². The van der Waals surface area contributed by atoms with Gasteiger partial charge in [0, 0.05) is 36.1 Å². The highest BCUT2D eigenvalue weighted by Crippen LogP contribution is 2.22. The lowest BCUT2D eigenvalue weighted by molar-refractivity contribution is -0.117. The molecule has 3 rings (SSSR count). The zero-order valence-electron chi connectivity index (χ0n) is 14.6. The number of rotatable bonds is 5. The van der Waals surface area contributed by atoms with Crippen molar-refractivity contribution in [3.05, 3.63) is 60.2 Å². The van der Waals surface area contributed by atoms with Crippen molar-refractivity contribution in [2.45, 2.75) is 12.8 Å². The zero-order valence-corrected chi connectivity index (χ0v) is 14.6. The van der Waals surface area contributed by atoms with Gasteiger partial charge in [-0.25, -0.2) is 4.79 Å². The number of nitrogens with zero attached hydrogens (tertiary/aromatic N) is 1. The van der Waals surface area contributed by atoms with E-state index >= 15 is 0 Å². The Labute approximate surface area is 156 Å². The number of urea groups is 1. The molecule has 27 heavy (non-hydrogen) atoms. The summed E-state index contributed by atoms with van der Waals surface area (Å²) >= 11 is 0. The van der Waals surface area contributed by atoms with Gasteiger partial charge in [0.05, 0.1) is 0 Å². The number of benzene rings is 2. The Bertz CT molecular complexity index is 873. The third kappa shape index (κ3) is 4.94. The van der Waals surface area contributed by atoms with E-state index in [2.05, 4.69) is 10.6 Å². The number of nitrogens with one attached hydrogen (secondary N) is 2. The number of nitrogens with two attached hydrogens (primary N) is 1. The second kappa shape index (κ2) is 8.18. The van der Waals surface area contributed by atoms with Crippen LogP contribution in [0.2, 0.25) is 0 Å². The molecule has 1 saturated heterocycles. The Hall–Kier alpha value is -3.61. The molecule has 0 radical (unpaired) electrons. The Morgan fingerprint density at radius 1 is 0.963 bits per heavy atom. The summed E-state index contributed by atoms with van der Waals surface area (Å²) in [5.41, 5.74) is 7.93. The molecule has 2 aromatic carbocycles. The fraction of sp³-hybridized carbons (Fsp3) is 0.150. The number of hydrogen-bond acceptors (Lipinski definition) is 3. The fourth-order valence-electron chi connectivity index (χ4n) is 2.82. The summed E-state index contributed by atoms with van der Waals surface area (Å²) < 4.78 is 0. The first-order valence-electron chi connectivity index (χ1n) is 8.57. The lowest BCUT2D eigenvalue weighted by Gasteiger charge is -2.15. The average Bonchev–Trinajstić information content (AvgIpc) is 3.08. The van der Waals surface area contributed by atoms with Crippen LogP contribution in [-0.4, -0.2) is 24.4 Å². The van der Waals surface area contributed by atoms with Gasteiger partial charge >= 0.3 is 6.03 Å². The third-order valence-corrected chi connectivity index (χ3v) is 4.13. The normalized spacial score (nSPS) is 13.8. The molecule has 0 bridgehead atoms. The lowest BCUT2D eigenvalue weighted by atomic mass is 10.2. The molecule has 0 spiro atoms. The molecule has 0 saturated carbocycles. The molecular formula is C20H20N4O3. The highest BCUT2D eigenvalue weighted by Gasteiger charge is 2.21. The minimum absolute atomic E-state index is 0.148. The molecule has 4 N–H and O–H groups in total. The second-order valence-electron chi connectivity index (χ2n) is 6.13. The van der Waals surface area contributed by atoms with Gasteiger partial charge in [0.25, 0.3) is 0 Å². The van der Waals surface area contributed by atoms with Crippen LogP contribution in [0.1, 0.15) is 18.4 Å². The summed E-state index contributed by atoms with van der Waals surface area (Å²) in [7, 11) is 0. The summed E-state index contributed by atoms with van der Waals surface area (Å²) in [6.07, 6.45) is 4.63. The van der Waals surface area contributed by atoms with Crippen LogP contribution in [0.5, 0.6) is 0 Å². The lowest BCUT2D eigenvalue weighted by Crippen LogP contribution is -2.23. The zero-order chi connectivity index (χ0) is 19.2. The van der Waals surface area contributed by atoms with Gasteiger partial charge in [-0.05, 0) is 54.5 Å². The first-order valence-corrected chi connectivity index (χ1v) is 8.57. The van der Waals surface area contributed by atoms with E-state index in [0.29, 0.717) is 17.8 Å². The Kier molecular flexibility index (Phi) is 5.51. The maximum atomic E-state index is 12.0. The van der Waals surface area contributed by atoms with Crippen LogP contribution in [-0.2, 0) is 9.59 Å². The number of hydrogen-bond donors (Lipinski definition) is 3. The summed E-state index contributed by atoms with van der Waals surface area (Å²) in [5, 5.41) is 5.18. The van der Waals surface area contributed by atoms with Crippen molar-refractivity contribution < 1.29 is 14.4 Å². The van der Waals surface area contributed by atoms with Gasteiger partial charge in [0.15, 0.2) is 0 Å². The molecule has 2 aromatic rings. The van der Waals surface area contributed by atoms with Crippen LogP contribution >= 0.6 is 0 Å². The first kappa shape index (κ1) is 18.2. The molecule has 1 heterocycles. The monoisotopic (exact) mass is 364 g/mol. The third-order valence-electron chi connectivity index (χ3n) is 4.13. The summed E-state index contributed by atoms with van der Waals surface area (Å²) in [6, 6.07) is 13.5. The molecule has 1 aliphatic heterocycles. The number of carbonyl (C=O) groups is 3. The minimum atomic E-state index is -0.644. The van der Waals surface area contributed by atoms with Gasteiger partial charge in [0.2, 0.25) is 11.8 Å². The summed E-state index contributed by atoms with van der Waals surface area (Å²) in [5.74, 6) is -0.126. The molecule has 7 heteroatoms. The van der Waals surface area contributed by atoms with Gasteiger partial charge in [-0.1, -0.05) is 12.1 Å². The van der Waals surface area contributed by atoms with E-state index in [1.54, 1.807) is 35.2 Å². The van der Waals surface area contributed by atoms with Gasteiger partial charge in [0.1, 0.15) is 0 Å². The molecule has 1 aliphatic rings. The predicted octanol–water partition coefficient (Wildman–Crippen LogP) is 2.96. The van der Waals surface area contributed by atoms with Gasteiger partial charge in [-0.15, -0.1) is 0 Å². The summed E-state index contributed by atoms with van der Waals surface area (Å²) in [4.78, 5) is 36.3. The molecule has 4 amide bonds. The Morgan fingerprint density at radius 3 is 2.15 bits per heavy atom. The van der Waals surface area contributed by atoms with Crippen LogP contribution in [0.4, 0.5) is 21.9 Å². The molecule has 0 aliphatic carbocycles. The summed E-state index contributed by atoms with van der Waals surface area (Å²) in [6.45, 7) is 0.754. The topological polar surface area (TPSA) is 105 Å². The number of amides is 4. The molecule has 0 atom stereocenters. The van der Waals surface area contributed by atoms with Crippen molar-refractivity contribution in [2.75, 3.05) is 22.1 Å². The largest absolute Gasteiger partial charge is 0.351 e. The molecule has 0 unspecified atom stereocenters. The molecule has 138 valence electrons. The van der Waals surface area contributed by atoms with E-state index in [9.17, 15) is 14.4 Å². The Balaban J connectivity index is 1.56. The van der Waals surface area contributed by atoms with Gasteiger partial charge < -0.3 is 21.3 Å². The van der Waals surface area contributed by atoms with E-state index in [1.165, 1.54) is 6.08 Å². The van der Waals surface area contributed by atoms with Gasteiger partial charge in [-0.2, -0.15) is 0 Å². The van der Waals surface area contributed by atoms with Crippen molar-refractivity contribution in [1.82, 2.24) is 0 Å². The highest BCUT2D eigenvalue weighted by atomic mass is 16.2. The standard InChI is InChI=1S/C20H20N4O3/c21-20(27)23-16-8-6-15(7-9-16)22-18(25)12-5-14-3-10-17(11-4-14)24-13-1-2-19(24)26/h3-12H,1-2,13H2,(H,22,25)(H3,21,23,27)/b12-5+. The molecule has 0 aromatic heterocycles. The maximum absolute atomic E-state index is 12.0. The first-order chi connectivity index (χ1) is 13.0. The van der Waals surface area contributed by atoms with E-state index in [0.717, 1.165) is 24.2 Å². The van der Waals surface area contributed by atoms with Crippen LogP contribution in [0, 0.1) is 0 Å². The van der Waals surface area contributed by atoms with Crippen molar-refractivity contribution in [2.24, 2.45) is 5.73 Å². The van der Waals surface area contributed by atoms with E-state index in [4.69, 9.17) is 5.73 Å². The average molecular weight is 364 g/mol. The molecule has 7 nitrogen and oxygen atoms in total. The smallest absolute Gasteiger partial charge is 0.316 e. The van der Waals surface area contributed by atoms with Crippen molar-refractivity contribution in [3.63, 3.8) is 0 Å². The predicted molar refractivity (Wildman–Crippen MR) is 105 cm³/mol. The molecule has 1 fully saturated rings. The van der Waals surface area contributed by atoms with E-state index in [-0.39, 0.29) is 11.8 Å². The minimum Gasteiger partial charge on any atom is -0.351 e. The van der Waals surface area contributed by atoms with Crippen LogP contribution in [0.25, 0.3) is 6.08 Å². The number of anilines is 3. The quantitative estimate of drug-likeness (QED) is 0.710. The second-order valence-corrected chi connectivity index (χ2v) is 6.13. The molecular weight excluding hydrogens is 344 g/mol. The van der Waals surface area contributed by atoms with E-state index in [1.807, 2.05) is 24.3 Å². The Morgan fingerprint density at radius 2 is 1.59 bits per heavy atom. The van der Waals surface area contributed by atoms with Crippen LogP contribution < -0.4 is 21.3 Å². The van der Waals surface area contributed by atoms with Crippen LogP contribution in [0.3, 0.4) is 0 Å². The van der Waals surface area contributed by atoms with E-state index < -0.39 is 6.03 Å². The van der Waals surface area contributed by atoms with Crippen molar-refractivity contribution >= 4 is 41.0 Å². The fourth-order valence-corrected chi connectivity index (χ4v) is 2.82.